The molecule has 2 unspecified atom stereocenters. The van der Waals surface area contributed by atoms with E-state index in [4.69, 9.17) is 19.5 Å². The number of anilines is 1. The Bertz CT molecular complexity index is 2170. The first-order valence-corrected chi connectivity index (χ1v) is 28.1. The Morgan fingerprint density at radius 1 is 0.899 bits per heavy atom. The smallest absolute Gasteiger partial charge is 0.386 e. The summed E-state index contributed by atoms with van der Waals surface area (Å²) in [5.74, 6) is -1.11. The maximum Gasteiger partial charge on any atom is 0.481 e. The highest BCUT2D eigenvalue weighted by Crippen LogP contribution is 2.61. The molecule has 7 atom stereocenters. The Labute approximate surface area is 405 Å². The number of hydrogen-bond acceptors (Lipinski definition) is 18. The van der Waals surface area contributed by atoms with Crippen molar-refractivity contribution < 1.29 is 80.5 Å². The molecule has 2 amide bonds. The number of carbonyl (C=O) groups is 3. The normalized spacial score (nSPS) is 20.2. The van der Waals surface area contributed by atoms with Crippen LogP contribution in [0.2, 0.25) is 0 Å². The predicted octanol–water partition coefficient (Wildman–Crippen LogP) is 5.03. The minimum absolute atomic E-state index is 0.0311. The standard InChI is InChI=1S/C41H68N7O17P3S/c1-4-5-6-7-8-9-10-11-12-13-14-15-16-17-18-19-20-21-32(50)69-25-24-43-31(49)22-23-44-39(53)36(52)41(2,3)27-62-68(59,60)65-67(57,58)61-26-30-35(64-66(54,55)56)34(51)40(63-30)48-29-47-33-37(42)45-28-46-38(33)48/h8-9,11-12,20-21,28-30,34-36,40,51-52H,4-7,10,13-19,22-27H2,1-3H3,(H,43,49)(H,44,53)(H,57,58)(H,59,60)(H2,42,45,46)(H2,54,55,56)/b9-8-,12-11-,21-20+/t30-,34+,35+,36-,40-/m0/s1. The Balaban J connectivity index is 1.30. The summed E-state index contributed by atoms with van der Waals surface area (Å²) in [5, 5.41) is 26.4. The molecule has 0 spiro atoms. The lowest BCUT2D eigenvalue weighted by molar-refractivity contribution is -0.137. The van der Waals surface area contributed by atoms with Gasteiger partial charge in [-0.05, 0) is 51.0 Å². The lowest BCUT2D eigenvalue weighted by atomic mass is 9.87. The quantitative estimate of drug-likeness (QED) is 0.0192. The molecule has 390 valence electrons. The number of nitrogens with two attached hydrogens (primary N) is 1. The van der Waals surface area contributed by atoms with Crippen LogP contribution >= 0.6 is 35.2 Å². The zero-order chi connectivity index (χ0) is 51.1. The van der Waals surface area contributed by atoms with Gasteiger partial charge in [-0.1, -0.05) is 95.0 Å². The predicted molar refractivity (Wildman–Crippen MR) is 256 cm³/mol. The number of amides is 2. The molecule has 0 radical (unpaired) electrons. The monoisotopic (exact) mass is 1060 g/mol. The summed E-state index contributed by atoms with van der Waals surface area (Å²) in [7, 11) is -16.4. The first-order chi connectivity index (χ1) is 32.6. The largest absolute Gasteiger partial charge is 0.481 e. The van der Waals surface area contributed by atoms with Gasteiger partial charge in [0.2, 0.25) is 16.9 Å². The van der Waals surface area contributed by atoms with E-state index in [0.29, 0.717) is 5.75 Å². The van der Waals surface area contributed by atoms with Gasteiger partial charge >= 0.3 is 23.5 Å². The van der Waals surface area contributed by atoms with Gasteiger partial charge in [0.1, 0.15) is 36.3 Å². The molecule has 3 heterocycles. The van der Waals surface area contributed by atoms with E-state index in [2.05, 4.69) is 65.6 Å². The molecular formula is C41H68N7O17P3S. The van der Waals surface area contributed by atoms with E-state index in [1.54, 1.807) is 0 Å². The Hall–Kier alpha value is -3.22. The second kappa shape index (κ2) is 30.0. The number of aliphatic hydroxyl groups is 2. The van der Waals surface area contributed by atoms with Crippen molar-refractivity contribution in [2.75, 3.05) is 37.8 Å². The summed E-state index contributed by atoms with van der Waals surface area (Å²) in [6.07, 6.45) is 19.0. The summed E-state index contributed by atoms with van der Waals surface area (Å²) in [5.41, 5.74) is 4.28. The third kappa shape index (κ3) is 22.8. The maximum atomic E-state index is 12.7. The van der Waals surface area contributed by atoms with Crippen LogP contribution in [0.4, 0.5) is 5.82 Å². The molecule has 0 aliphatic carbocycles. The minimum atomic E-state index is -5.58. The molecule has 0 saturated carbocycles. The fourth-order valence-corrected chi connectivity index (χ4v) is 10.0. The molecule has 1 aliphatic rings. The van der Waals surface area contributed by atoms with Crippen molar-refractivity contribution in [2.24, 2.45) is 5.41 Å². The highest BCUT2D eigenvalue weighted by molar-refractivity contribution is 8.14. The van der Waals surface area contributed by atoms with Crippen molar-refractivity contribution in [3.63, 3.8) is 0 Å². The van der Waals surface area contributed by atoms with E-state index in [9.17, 15) is 57.9 Å². The summed E-state index contributed by atoms with van der Waals surface area (Å²) >= 11 is 1.06. The number of nitrogens with one attached hydrogen (secondary N) is 2. The van der Waals surface area contributed by atoms with Crippen molar-refractivity contribution >= 4 is 69.1 Å². The lowest BCUT2D eigenvalue weighted by Crippen LogP contribution is -2.46. The molecule has 2 aromatic heterocycles. The Kier molecular flexibility index (Phi) is 26.1. The molecule has 69 heavy (non-hydrogen) atoms. The number of unbranched alkanes of at least 4 members (excludes halogenated alkanes) is 9. The lowest BCUT2D eigenvalue weighted by Gasteiger charge is -2.30. The zero-order valence-corrected chi connectivity index (χ0v) is 42.5. The van der Waals surface area contributed by atoms with E-state index in [0.717, 1.165) is 73.9 Å². The van der Waals surface area contributed by atoms with Crippen molar-refractivity contribution in [3.05, 3.63) is 49.1 Å². The fourth-order valence-electron chi connectivity index (χ4n) is 6.58. The third-order valence-corrected chi connectivity index (χ3v) is 14.3. The number of hydrogen-bond donors (Lipinski definition) is 9. The number of carbonyl (C=O) groups excluding carboxylic acids is 3. The fraction of sp³-hybridized carbons (Fsp3) is 0.659. The highest BCUT2D eigenvalue weighted by Gasteiger charge is 2.50. The molecule has 3 rings (SSSR count). The van der Waals surface area contributed by atoms with Gasteiger partial charge < -0.3 is 50.9 Å². The van der Waals surface area contributed by atoms with Gasteiger partial charge in [-0.3, -0.25) is 32.5 Å². The number of aromatic nitrogens is 4. The van der Waals surface area contributed by atoms with Gasteiger partial charge in [0, 0.05) is 30.7 Å². The number of phosphoric acid groups is 3. The van der Waals surface area contributed by atoms with E-state index in [1.165, 1.54) is 52.0 Å². The Morgan fingerprint density at radius 2 is 1.54 bits per heavy atom. The summed E-state index contributed by atoms with van der Waals surface area (Å²) < 4.78 is 62.4. The highest BCUT2D eigenvalue weighted by atomic mass is 32.2. The number of nitrogens with zero attached hydrogens (tertiary/aromatic N) is 4. The SMILES string of the molecule is CCCCC/C=C\C/C=C\CCCCCCC/C=C/C(=O)SCCNC(=O)CCNC(=O)[C@H](O)C(C)(C)COP(=O)(O)OP(=O)(O)OC[C@@H]1O[C@H](n2cnc3c(N)ncnc32)[C@H](O)[C@@H]1OP(=O)(O)O. The molecule has 1 fully saturated rings. The molecule has 0 bridgehead atoms. The third-order valence-electron chi connectivity index (χ3n) is 10.3. The van der Waals surface area contributed by atoms with Crippen molar-refractivity contribution in [1.82, 2.24) is 30.2 Å². The number of thioether (sulfide) groups is 1. The van der Waals surface area contributed by atoms with Crippen LogP contribution in [-0.2, 0) is 50.7 Å². The van der Waals surface area contributed by atoms with Gasteiger partial charge in [0.05, 0.1) is 19.5 Å². The topological polar surface area (TPSA) is 364 Å². The number of aliphatic hydroxyl groups excluding tert-OH is 2. The second-order valence-electron chi connectivity index (χ2n) is 16.7. The number of nitrogen functional groups attached to an aromatic ring is 1. The number of ether oxygens (including phenoxy) is 1. The molecule has 10 N–H and O–H groups in total. The molecular weight excluding hydrogens is 987 g/mol. The Morgan fingerprint density at radius 3 is 2.20 bits per heavy atom. The van der Waals surface area contributed by atoms with Crippen molar-refractivity contribution in [2.45, 2.75) is 135 Å². The van der Waals surface area contributed by atoms with Crippen LogP contribution < -0.4 is 16.4 Å². The van der Waals surface area contributed by atoms with Crippen LogP contribution in [0.25, 0.3) is 11.2 Å². The van der Waals surface area contributed by atoms with E-state index >= 15 is 0 Å². The maximum absolute atomic E-state index is 12.7. The summed E-state index contributed by atoms with van der Waals surface area (Å²) in [6.45, 7) is 2.71. The van der Waals surface area contributed by atoms with Crippen LogP contribution in [0.5, 0.6) is 0 Å². The number of imidazole rings is 1. The average Bonchev–Trinajstić information content (AvgIpc) is 3.84. The van der Waals surface area contributed by atoms with Gasteiger partial charge in [-0.25, -0.2) is 28.6 Å². The second-order valence-corrected chi connectivity index (χ2v) is 22.0. The van der Waals surface area contributed by atoms with Crippen LogP contribution in [0.3, 0.4) is 0 Å². The van der Waals surface area contributed by atoms with Crippen LogP contribution in [0.1, 0.15) is 110 Å². The summed E-state index contributed by atoms with van der Waals surface area (Å²) in [6, 6.07) is 0. The summed E-state index contributed by atoms with van der Waals surface area (Å²) in [4.78, 5) is 88.3. The van der Waals surface area contributed by atoms with Crippen LogP contribution in [-0.4, -0.2) is 123 Å². The number of rotatable bonds is 34. The number of allylic oxidation sites excluding steroid dienone is 5. The zero-order valence-electron chi connectivity index (χ0n) is 39.0. The molecule has 1 aliphatic heterocycles. The number of phosphoric ester groups is 3. The minimum Gasteiger partial charge on any atom is -0.386 e. The first-order valence-electron chi connectivity index (χ1n) is 22.6. The van der Waals surface area contributed by atoms with Crippen molar-refractivity contribution in [1.29, 1.82) is 0 Å². The van der Waals surface area contributed by atoms with E-state index in [-0.39, 0.29) is 41.6 Å². The van der Waals surface area contributed by atoms with Gasteiger partial charge in [0.25, 0.3) is 0 Å². The molecule has 0 aromatic carbocycles. The average molecular weight is 1060 g/mol. The van der Waals surface area contributed by atoms with Crippen LogP contribution in [0.15, 0.2) is 49.1 Å². The molecule has 1 saturated heterocycles. The molecule has 28 heteroatoms. The molecule has 24 nitrogen and oxygen atoms in total. The van der Waals surface area contributed by atoms with Gasteiger partial charge in [0.15, 0.2) is 17.7 Å². The van der Waals surface area contributed by atoms with Crippen LogP contribution in [0, 0.1) is 5.41 Å². The van der Waals surface area contributed by atoms with Gasteiger partial charge in [-0.15, -0.1) is 0 Å². The van der Waals surface area contributed by atoms with E-state index in [1.807, 2.05) is 6.08 Å². The van der Waals surface area contributed by atoms with E-state index < -0.39 is 84.6 Å². The number of fused-ring (bicyclic) bond motifs is 1. The van der Waals surface area contributed by atoms with Crippen molar-refractivity contribution in [3.8, 4) is 0 Å². The van der Waals surface area contributed by atoms with Gasteiger partial charge in [-0.2, -0.15) is 4.31 Å². The first kappa shape index (κ1) is 60.1. The molecule has 2 aromatic rings.